The van der Waals surface area contributed by atoms with Crippen molar-refractivity contribution in [1.82, 2.24) is 12.3 Å². The van der Waals surface area contributed by atoms with Crippen LogP contribution < -0.4 is 12.3 Å². The van der Waals surface area contributed by atoms with Gasteiger partial charge < -0.3 is 17.4 Å². The van der Waals surface area contributed by atoms with Gasteiger partial charge in [-0.05, 0) is 0 Å². The number of halogens is 1. The van der Waals surface area contributed by atoms with E-state index in [2.05, 4.69) is 13.8 Å². The minimum Gasteiger partial charge on any atom is -0.480 e. The summed E-state index contributed by atoms with van der Waals surface area (Å²) in [7, 11) is 0. The van der Waals surface area contributed by atoms with Crippen molar-refractivity contribution in [2.45, 2.75) is 110 Å². The highest BCUT2D eigenvalue weighted by Crippen LogP contribution is 2.13. The smallest absolute Gasteiger partial charge is 0.318 e. The summed E-state index contributed by atoms with van der Waals surface area (Å²) in [4.78, 5) is 9.24. The second-order valence-electron chi connectivity index (χ2n) is 6.12. The minimum atomic E-state index is -0.980. The van der Waals surface area contributed by atoms with Crippen LogP contribution in [0.15, 0.2) is 0 Å². The molecule has 0 aliphatic rings. The number of carboxylic acid groups (broad SMARTS) is 1. The molecule has 0 saturated heterocycles. The number of carbonyl (C=O) groups is 1. The number of hydrogen-bond donors (Lipinski definition) is 3. The molecule has 0 amide bonds. The summed E-state index contributed by atoms with van der Waals surface area (Å²) in [5.74, 6) is -1.29. The van der Waals surface area contributed by atoms with Crippen molar-refractivity contribution < 1.29 is 9.90 Å². The number of aliphatic carboxylic acids is 1. The molecule has 0 spiro atoms. The Bertz CT molecular complexity index is 204. The Morgan fingerprint density at radius 1 is 0.625 bits per heavy atom. The van der Waals surface area contributed by atoms with Crippen LogP contribution in [-0.2, 0) is 4.79 Å². The highest BCUT2D eigenvalue weighted by Gasteiger charge is 1.93. The van der Waals surface area contributed by atoms with Crippen molar-refractivity contribution in [3.8, 4) is 0 Å². The zero-order valence-corrected chi connectivity index (χ0v) is 17.2. The molecule has 0 bridgehead atoms. The van der Waals surface area contributed by atoms with Crippen LogP contribution >= 0.6 is 11.6 Å². The zero-order valence-electron chi connectivity index (χ0n) is 16.5. The summed E-state index contributed by atoms with van der Waals surface area (Å²) >= 11 is 4.74. The van der Waals surface area contributed by atoms with E-state index in [1.54, 1.807) is 0 Å². The molecule has 0 radical (unpaired) electrons. The van der Waals surface area contributed by atoms with E-state index in [1.807, 2.05) is 0 Å². The molecule has 0 aromatic rings. The van der Waals surface area contributed by atoms with Crippen LogP contribution in [-0.4, -0.2) is 17.0 Å². The number of unbranched alkanes of at least 4 members (excludes halogenated alkanes) is 14. The summed E-state index contributed by atoms with van der Waals surface area (Å²) in [6.07, 6.45) is 21.9. The summed E-state index contributed by atoms with van der Waals surface area (Å²) in [6.45, 7) is 4.58. The lowest BCUT2D eigenvalue weighted by atomic mass is 10.0. The highest BCUT2D eigenvalue weighted by atomic mass is 35.5. The van der Waals surface area contributed by atoms with Gasteiger partial charge in [0.2, 0.25) is 0 Å². The lowest BCUT2D eigenvalue weighted by Gasteiger charge is -2.02. The van der Waals surface area contributed by atoms with Gasteiger partial charge in [-0.2, -0.15) is 0 Å². The fraction of sp³-hybridized carbons (Fsp3) is 0.947. The van der Waals surface area contributed by atoms with Gasteiger partial charge in [0.1, 0.15) is 5.88 Å². The van der Waals surface area contributed by atoms with Gasteiger partial charge in [0.15, 0.2) is 0 Å². The summed E-state index contributed by atoms with van der Waals surface area (Å²) in [6, 6.07) is 0. The van der Waals surface area contributed by atoms with Gasteiger partial charge in [-0.1, -0.05) is 110 Å². The van der Waals surface area contributed by atoms with E-state index < -0.39 is 5.97 Å². The summed E-state index contributed by atoms with van der Waals surface area (Å²) < 4.78 is 0. The third-order valence-corrected chi connectivity index (χ3v) is 4.05. The molecule has 5 heteroatoms. The Morgan fingerprint density at radius 3 is 0.917 bits per heavy atom. The monoisotopic (exact) mass is 368 g/mol. The fourth-order valence-electron chi connectivity index (χ4n) is 2.44. The van der Waals surface area contributed by atoms with E-state index in [1.165, 1.54) is 96.3 Å². The maximum absolute atomic E-state index is 9.24. The van der Waals surface area contributed by atoms with E-state index in [0.29, 0.717) is 0 Å². The molecule has 0 unspecified atom stereocenters. The first-order chi connectivity index (χ1) is 10.7. The molecule has 0 saturated carbocycles. The van der Waals surface area contributed by atoms with E-state index in [0.717, 1.165) is 0 Å². The number of hydrogen-bond acceptors (Lipinski definition) is 3. The third kappa shape index (κ3) is 37.7. The predicted molar refractivity (Wildman–Crippen MR) is 109 cm³/mol. The van der Waals surface area contributed by atoms with Crippen LogP contribution in [0.3, 0.4) is 0 Å². The van der Waals surface area contributed by atoms with Gasteiger partial charge in [-0.25, -0.2) is 0 Å². The Morgan fingerprint density at radius 2 is 0.792 bits per heavy atom. The molecule has 0 aliphatic carbocycles. The molecule has 0 heterocycles. The van der Waals surface area contributed by atoms with Crippen LogP contribution in [0.2, 0.25) is 0 Å². The molecule has 0 atom stereocenters. The van der Waals surface area contributed by atoms with Crippen LogP contribution in [0.4, 0.5) is 0 Å². The van der Waals surface area contributed by atoms with Gasteiger partial charge in [-0.15, -0.1) is 11.6 Å². The molecular weight excluding hydrogens is 324 g/mol. The Kier molecular flexibility index (Phi) is 40.0. The van der Waals surface area contributed by atoms with Crippen LogP contribution in [0, 0.1) is 0 Å². The average molecular weight is 369 g/mol. The highest BCUT2D eigenvalue weighted by molar-refractivity contribution is 6.26. The van der Waals surface area contributed by atoms with E-state index >= 15 is 0 Å². The van der Waals surface area contributed by atoms with Gasteiger partial charge in [-0.3, -0.25) is 4.79 Å². The first-order valence-electron chi connectivity index (χ1n) is 9.46. The maximum Gasteiger partial charge on any atom is 0.318 e. The Labute approximate surface area is 156 Å². The van der Waals surface area contributed by atoms with Crippen molar-refractivity contribution in [2.24, 2.45) is 0 Å². The van der Waals surface area contributed by atoms with Crippen LogP contribution in [0.1, 0.15) is 110 Å². The first-order valence-corrected chi connectivity index (χ1v) is 10.00. The lowest BCUT2D eigenvalue weighted by molar-refractivity contribution is -0.134. The Hall–Kier alpha value is -0.320. The molecular formula is C19H45ClN2O2. The van der Waals surface area contributed by atoms with E-state index in [9.17, 15) is 4.79 Å². The molecule has 7 N–H and O–H groups in total. The molecule has 0 aromatic carbocycles. The fourth-order valence-corrected chi connectivity index (χ4v) is 2.44. The number of alkyl halides is 1. The maximum atomic E-state index is 9.24. The van der Waals surface area contributed by atoms with Gasteiger partial charge >= 0.3 is 5.97 Å². The number of rotatable bonds is 15. The van der Waals surface area contributed by atoms with Crippen molar-refractivity contribution in [3.63, 3.8) is 0 Å². The molecule has 150 valence electrons. The van der Waals surface area contributed by atoms with E-state index in [-0.39, 0.29) is 18.2 Å². The second-order valence-corrected chi connectivity index (χ2v) is 6.39. The van der Waals surface area contributed by atoms with Gasteiger partial charge in [0.25, 0.3) is 0 Å². The molecule has 4 nitrogen and oxygen atoms in total. The largest absolute Gasteiger partial charge is 0.480 e. The molecule has 24 heavy (non-hydrogen) atoms. The second kappa shape index (κ2) is 30.5. The van der Waals surface area contributed by atoms with Crippen molar-refractivity contribution in [3.05, 3.63) is 0 Å². The first kappa shape index (κ1) is 31.4. The third-order valence-electron chi connectivity index (χ3n) is 3.82. The van der Waals surface area contributed by atoms with Crippen LogP contribution in [0.25, 0.3) is 0 Å². The van der Waals surface area contributed by atoms with E-state index in [4.69, 9.17) is 16.7 Å². The Balaban J connectivity index is -0.000000250. The predicted octanol–water partition coefficient (Wildman–Crippen LogP) is 7.51. The molecule has 0 fully saturated rings. The normalized spacial score (nSPS) is 9.29. The minimum absolute atomic E-state index is 0. The molecule has 0 aromatic heterocycles. The van der Waals surface area contributed by atoms with Crippen LogP contribution in [0.5, 0.6) is 0 Å². The lowest BCUT2D eigenvalue weighted by Crippen LogP contribution is -1.92. The SMILES string of the molecule is CCCCCCCCCCCCCCCCC.N.N.O=C(O)CCl. The molecule has 0 rings (SSSR count). The quantitative estimate of drug-likeness (QED) is 0.205. The zero-order chi connectivity index (χ0) is 16.9. The van der Waals surface area contributed by atoms with Crippen molar-refractivity contribution >= 4 is 17.6 Å². The summed E-state index contributed by atoms with van der Waals surface area (Å²) in [5, 5.41) is 7.59. The van der Waals surface area contributed by atoms with Gasteiger partial charge in [0, 0.05) is 0 Å². The standard InChI is InChI=1S/C17H36.C2H3ClO2.2H3N/c1-3-5-7-9-11-13-15-17-16-14-12-10-8-6-4-2;3-1-2(4)5;;/h3-17H2,1-2H3;1H2,(H,4,5);2*1H3. The molecule has 0 aliphatic heterocycles. The number of carboxylic acids is 1. The van der Waals surface area contributed by atoms with Gasteiger partial charge in [0.05, 0.1) is 0 Å². The average Bonchev–Trinajstić information content (AvgIpc) is 2.52. The topological polar surface area (TPSA) is 107 Å². The van der Waals surface area contributed by atoms with Crippen molar-refractivity contribution in [2.75, 3.05) is 5.88 Å². The van der Waals surface area contributed by atoms with Crippen molar-refractivity contribution in [1.29, 1.82) is 0 Å². The summed E-state index contributed by atoms with van der Waals surface area (Å²) in [5.41, 5.74) is 0.